The summed E-state index contributed by atoms with van der Waals surface area (Å²) in [6, 6.07) is 7.67. The molecule has 0 saturated heterocycles. The van der Waals surface area contributed by atoms with Gasteiger partial charge in [0, 0.05) is 56.1 Å². The standard InChI is InChI=1S/C24H23F2N5/c25-19-6-5-17(11-20(19)26)21-7-4-16(12-28-21)14-31-10-8-22-18(15-31)13-29-24(30-22)23-3-1-2-9-27-23/h4-7,11-13H,1-3,8-10,14-15H2. The van der Waals surface area contributed by atoms with Gasteiger partial charge < -0.3 is 0 Å². The molecule has 5 rings (SSSR count). The summed E-state index contributed by atoms with van der Waals surface area (Å²) >= 11 is 0. The predicted molar refractivity (Wildman–Crippen MR) is 115 cm³/mol. The molecule has 0 atom stereocenters. The highest BCUT2D eigenvalue weighted by Gasteiger charge is 2.20. The van der Waals surface area contributed by atoms with Crippen molar-refractivity contribution in [2.45, 2.75) is 38.8 Å². The first kappa shape index (κ1) is 19.9. The Balaban J connectivity index is 1.25. The first-order valence-electron chi connectivity index (χ1n) is 10.7. The largest absolute Gasteiger partial charge is 0.294 e. The van der Waals surface area contributed by atoms with Gasteiger partial charge in [-0.05, 0) is 49.1 Å². The minimum atomic E-state index is -0.865. The molecule has 4 heterocycles. The van der Waals surface area contributed by atoms with Crippen molar-refractivity contribution < 1.29 is 8.78 Å². The minimum Gasteiger partial charge on any atom is -0.294 e. The summed E-state index contributed by atoms with van der Waals surface area (Å²) in [4.78, 5) is 20.8. The number of nitrogens with zero attached hydrogens (tertiary/aromatic N) is 5. The monoisotopic (exact) mass is 419 g/mol. The van der Waals surface area contributed by atoms with Crippen LogP contribution in [0.5, 0.6) is 0 Å². The van der Waals surface area contributed by atoms with Crippen molar-refractivity contribution in [3.8, 4) is 11.3 Å². The van der Waals surface area contributed by atoms with Crippen molar-refractivity contribution in [2.24, 2.45) is 4.99 Å². The number of hydrogen-bond acceptors (Lipinski definition) is 5. The van der Waals surface area contributed by atoms with Gasteiger partial charge in [0.1, 0.15) is 0 Å². The van der Waals surface area contributed by atoms with Gasteiger partial charge in [0.05, 0.1) is 17.1 Å². The molecule has 158 valence electrons. The number of aromatic nitrogens is 3. The highest BCUT2D eigenvalue weighted by atomic mass is 19.2. The Hall–Kier alpha value is -3.06. The highest BCUT2D eigenvalue weighted by Crippen LogP contribution is 2.22. The second-order valence-corrected chi connectivity index (χ2v) is 8.09. The van der Waals surface area contributed by atoms with Crippen LogP contribution in [0, 0.1) is 11.6 Å². The zero-order valence-corrected chi connectivity index (χ0v) is 17.2. The van der Waals surface area contributed by atoms with E-state index >= 15 is 0 Å². The van der Waals surface area contributed by atoms with Gasteiger partial charge in [-0.1, -0.05) is 6.07 Å². The van der Waals surface area contributed by atoms with Crippen LogP contribution in [-0.4, -0.2) is 38.7 Å². The average molecular weight is 419 g/mol. The van der Waals surface area contributed by atoms with E-state index in [-0.39, 0.29) is 0 Å². The molecule has 0 amide bonds. The molecule has 2 aliphatic heterocycles. The topological polar surface area (TPSA) is 54.3 Å². The number of benzene rings is 1. The van der Waals surface area contributed by atoms with Crippen LogP contribution in [-0.2, 0) is 19.5 Å². The van der Waals surface area contributed by atoms with Gasteiger partial charge in [-0.25, -0.2) is 18.7 Å². The van der Waals surface area contributed by atoms with Crippen LogP contribution >= 0.6 is 0 Å². The number of hydrogen-bond donors (Lipinski definition) is 0. The lowest BCUT2D eigenvalue weighted by atomic mass is 10.0. The van der Waals surface area contributed by atoms with E-state index in [1.54, 1.807) is 6.20 Å². The van der Waals surface area contributed by atoms with E-state index in [9.17, 15) is 8.78 Å². The SMILES string of the molecule is Fc1ccc(-c2ccc(CN3CCc4nc(C5=NCCCC5)ncc4C3)cn2)cc1F. The van der Waals surface area contributed by atoms with Crippen LogP contribution in [0.2, 0.25) is 0 Å². The fraction of sp³-hybridized carbons (Fsp3) is 0.333. The summed E-state index contributed by atoms with van der Waals surface area (Å²) in [6.45, 7) is 3.36. The minimum absolute atomic E-state index is 0.563. The molecule has 0 bridgehead atoms. The number of aliphatic imine (C=N–C) groups is 1. The third-order valence-electron chi connectivity index (χ3n) is 5.84. The Labute approximate surface area is 179 Å². The quantitative estimate of drug-likeness (QED) is 0.631. The molecule has 3 aromatic rings. The second-order valence-electron chi connectivity index (χ2n) is 8.09. The average Bonchev–Trinajstić information content (AvgIpc) is 2.82. The molecule has 5 nitrogen and oxygen atoms in total. The van der Waals surface area contributed by atoms with Crippen LogP contribution < -0.4 is 0 Å². The lowest BCUT2D eigenvalue weighted by molar-refractivity contribution is 0.242. The molecule has 1 aromatic carbocycles. The maximum atomic E-state index is 13.5. The molecule has 0 saturated carbocycles. The first-order chi connectivity index (χ1) is 15.2. The van der Waals surface area contributed by atoms with Crippen LogP contribution in [0.1, 0.15) is 41.9 Å². The third-order valence-corrected chi connectivity index (χ3v) is 5.84. The van der Waals surface area contributed by atoms with Crippen molar-refractivity contribution in [1.29, 1.82) is 0 Å². The second kappa shape index (κ2) is 8.59. The zero-order chi connectivity index (χ0) is 21.2. The van der Waals surface area contributed by atoms with Crippen LogP contribution in [0.25, 0.3) is 11.3 Å². The van der Waals surface area contributed by atoms with Gasteiger partial charge in [0.25, 0.3) is 0 Å². The summed E-state index contributed by atoms with van der Waals surface area (Å²) in [5.41, 5.74) is 5.60. The Kier molecular flexibility index (Phi) is 5.51. The van der Waals surface area contributed by atoms with Gasteiger partial charge in [-0.2, -0.15) is 0 Å². The summed E-state index contributed by atoms with van der Waals surface area (Å²) < 4.78 is 26.6. The summed E-state index contributed by atoms with van der Waals surface area (Å²) in [5.74, 6) is -0.922. The Morgan fingerprint density at radius 1 is 0.935 bits per heavy atom. The summed E-state index contributed by atoms with van der Waals surface area (Å²) in [7, 11) is 0. The Morgan fingerprint density at radius 2 is 1.87 bits per heavy atom. The predicted octanol–water partition coefficient (Wildman–Crippen LogP) is 4.35. The molecule has 2 aliphatic rings. The van der Waals surface area contributed by atoms with E-state index in [1.807, 2.05) is 18.3 Å². The van der Waals surface area contributed by atoms with Crippen molar-refractivity contribution >= 4 is 5.71 Å². The fourth-order valence-corrected chi connectivity index (χ4v) is 4.13. The maximum absolute atomic E-state index is 13.5. The van der Waals surface area contributed by atoms with Gasteiger partial charge >= 0.3 is 0 Å². The highest BCUT2D eigenvalue weighted by molar-refractivity contribution is 5.97. The van der Waals surface area contributed by atoms with Crippen molar-refractivity contribution in [3.63, 3.8) is 0 Å². The van der Waals surface area contributed by atoms with Gasteiger partial charge in [-0.15, -0.1) is 0 Å². The molecule has 31 heavy (non-hydrogen) atoms. The van der Waals surface area contributed by atoms with Gasteiger partial charge in [0.2, 0.25) is 0 Å². The number of pyridine rings is 1. The molecule has 0 radical (unpaired) electrons. The molecular weight excluding hydrogens is 396 g/mol. The van der Waals surface area contributed by atoms with Gasteiger partial charge in [-0.3, -0.25) is 14.9 Å². The zero-order valence-electron chi connectivity index (χ0n) is 17.2. The van der Waals surface area contributed by atoms with Crippen molar-refractivity contribution in [2.75, 3.05) is 13.1 Å². The van der Waals surface area contributed by atoms with Crippen LogP contribution in [0.3, 0.4) is 0 Å². The Morgan fingerprint density at radius 3 is 2.65 bits per heavy atom. The van der Waals surface area contributed by atoms with Crippen molar-refractivity contribution in [3.05, 3.63) is 77.0 Å². The number of fused-ring (bicyclic) bond motifs is 1. The van der Waals surface area contributed by atoms with Crippen molar-refractivity contribution in [1.82, 2.24) is 19.9 Å². The molecule has 2 aromatic heterocycles. The molecule has 0 unspecified atom stereocenters. The van der Waals surface area contributed by atoms with E-state index in [0.29, 0.717) is 11.3 Å². The fourth-order valence-electron chi connectivity index (χ4n) is 4.13. The lowest BCUT2D eigenvalue weighted by Gasteiger charge is -2.28. The maximum Gasteiger partial charge on any atom is 0.173 e. The molecule has 0 aliphatic carbocycles. The van der Waals surface area contributed by atoms with Crippen LogP contribution in [0.4, 0.5) is 8.78 Å². The van der Waals surface area contributed by atoms with Gasteiger partial charge in [0.15, 0.2) is 17.5 Å². The van der Waals surface area contributed by atoms with Crippen LogP contribution in [0.15, 0.2) is 47.7 Å². The van der Waals surface area contributed by atoms with E-state index in [0.717, 1.165) is 86.3 Å². The summed E-state index contributed by atoms with van der Waals surface area (Å²) in [5, 5.41) is 0. The smallest absolute Gasteiger partial charge is 0.173 e. The molecule has 0 spiro atoms. The van der Waals surface area contributed by atoms with E-state index in [1.165, 1.54) is 12.1 Å². The Bertz CT molecular complexity index is 1130. The van der Waals surface area contributed by atoms with E-state index in [2.05, 4.69) is 19.9 Å². The van der Waals surface area contributed by atoms with E-state index < -0.39 is 11.6 Å². The number of halogens is 2. The third kappa shape index (κ3) is 4.37. The molecule has 0 N–H and O–H groups in total. The number of rotatable bonds is 4. The summed E-state index contributed by atoms with van der Waals surface area (Å²) in [6.07, 6.45) is 7.92. The first-order valence-corrected chi connectivity index (χ1v) is 10.7. The molecule has 7 heteroatoms. The van der Waals surface area contributed by atoms with E-state index in [4.69, 9.17) is 4.98 Å². The lowest BCUT2D eigenvalue weighted by Crippen LogP contribution is -2.31. The molecular formula is C24H23F2N5. The normalized spacial score (nSPS) is 16.6. The molecule has 0 fully saturated rings.